The maximum absolute atomic E-state index is 8.19. The van der Waals surface area contributed by atoms with Crippen LogP contribution in [0.25, 0.3) is 0 Å². The normalized spacial score (nSPS) is 7.40. The second-order valence-electron chi connectivity index (χ2n) is 3.28. The van der Waals surface area contributed by atoms with Crippen molar-refractivity contribution in [1.82, 2.24) is 0 Å². The molecule has 6 heteroatoms. The Morgan fingerprint density at radius 2 is 0.667 bits per heavy atom. The predicted octanol–water partition coefficient (Wildman–Crippen LogP) is 0.215. The van der Waals surface area contributed by atoms with Crippen LogP contribution in [0.4, 0.5) is 0 Å². The van der Waals surface area contributed by atoms with Crippen molar-refractivity contribution < 1.29 is 41.8 Å². The standard InChI is InChI=1S/3C3H8O.H2O.O.V/c3*1-3(2)4;;;/h3*3-4H,1-2H3;1H2;;. The van der Waals surface area contributed by atoms with E-state index in [9.17, 15) is 0 Å². The Kier molecular flexibility index (Phi) is 57.4. The van der Waals surface area contributed by atoms with Crippen LogP contribution in [0.3, 0.4) is 0 Å². The molecule has 0 aliphatic rings. The van der Waals surface area contributed by atoms with Gasteiger partial charge in [-0.05, 0) is 41.5 Å². The number of hydrogen-bond donors (Lipinski definition) is 3. The fourth-order valence-corrected chi connectivity index (χ4v) is 0. The number of rotatable bonds is 0. The molecule has 0 heterocycles. The molecule has 0 aromatic rings. The first-order chi connectivity index (χ1) is 6.20. The van der Waals surface area contributed by atoms with Crippen LogP contribution in [-0.2, 0) is 21.0 Å². The van der Waals surface area contributed by atoms with Crippen LogP contribution in [-0.4, -0.2) is 39.1 Å². The third kappa shape index (κ3) is 42200. The van der Waals surface area contributed by atoms with E-state index >= 15 is 0 Å². The van der Waals surface area contributed by atoms with Gasteiger partial charge in [-0.3, -0.25) is 0 Å². The Bertz CT molecular complexity index is 56.4. The third-order valence-electron chi connectivity index (χ3n) is 0. The molecule has 0 radical (unpaired) electrons. The van der Waals surface area contributed by atoms with Gasteiger partial charge < -0.3 is 20.8 Å². The summed E-state index contributed by atoms with van der Waals surface area (Å²) in [6, 6.07) is 0. The van der Waals surface area contributed by atoms with Crippen molar-refractivity contribution in [2.75, 3.05) is 0 Å². The Morgan fingerprint density at radius 3 is 0.667 bits per heavy atom. The van der Waals surface area contributed by atoms with Gasteiger partial charge in [0.15, 0.2) is 0 Å². The molecule has 0 fully saturated rings. The summed E-state index contributed by atoms with van der Waals surface area (Å²) in [6.07, 6.45) is -0.500. The Labute approximate surface area is 102 Å². The van der Waals surface area contributed by atoms with E-state index in [0.717, 1.165) is 17.4 Å². The molecule has 0 amide bonds. The van der Waals surface area contributed by atoms with E-state index in [2.05, 4.69) is 0 Å². The van der Waals surface area contributed by atoms with Gasteiger partial charge >= 0.3 is 21.0 Å². The van der Waals surface area contributed by atoms with Gasteiger partial charge in [-0.25, -0.2) is 0 Å². The fraction of sp³-hybridized carbons (Fsp3) is 1.00. The predicted molar refractivity (Wildman–Crippen MR) is 56.4 cm³/mol. The van der Waals surface area contributed by atoms with Crippen molar-refractivity contribution >= 4 is 0 Å². The van der Waals surface area contributed by atoms with Gasteiger partial charge in [-0.1, -0.05) is 0 Å². The van der Waals surface area contributed by atoms with Crippen LogP contribution in [0.2, 0.25) is 0 Å². The first-order valence-electron chi connectivity index (χ1n) is 4.42. The second kappa shape index (κ2) is 29.2. The minimum absolute atomic E-state index is 0. The van der Waals surface area contributed by atoms with Gasteiger partial charge in [0, 0.05) is 18.3 Å². The van der Waals surface area contributed by atoms with E-state index in [1.807, 2.05) is 0 Å². The van der Waals surface area contributed by atoms with Crippen LogP contribution in [0.5, 0.6) is 0 Å². The molecule has 97 valence electrons. The van der Waals surface area contributed by atoms with Crippen molar-refractivity contribution in [2.45, 2.75) is 59.9 Å². The van der Waals surface area contributed by atoms with Gasteiger partial charge in [0.2, 0.25) is 0 Å². The average Bonchev–Trinajstić information content (AvgIpc) is 1.86. The van der Waals surface area contributed by atoms with Crippen molar-refractivity contribution in [3.8, 4) is 0 Å². The molecule has 0 unspecified atom stereocenters. The zero-order chi connectivity index (χ0) is 12.7. The molecule has 0 rings (SSSR count). The van der Waals surface area contributed by atoms with Crippen LogP contribution >= 0.6 is 0 Å². The van der Waals surface area contributed by atoms with Gasteiger partial charge in [-0.2, -0.15) is 0 Å². The number of aliphatic hydroxyl groups is 3. The van der Waals surface area contributed by atoms with Gasteiger partial charge in [0.25, 0.3) is 0 Å². The molecule has 0 aromatic heterocycles. The summed E-state index contributed by atoms with van der Waals surface area (Å²) >= 11 is 1.06. The summed E-state index contributed by atoms with van der Waals surface area (Å²) in [6.45, 7) is 10.3. The van der Waals surface area contributed by atoms with Crippen LogP contribution < -0.4 is 0 Å². The van der Waals surface area contributed by atoms with Crippen molar-refractivity contribution in [3.05, 3.63) is 0 Å². The molecular formula is C9H26O5V. The average molecular weight is 265 g/mol. The molecule has 0 aromatic carbocycles. The summed E-state index contributed by atoms with van der Waals surface area (Å²) in [7, 11) is 0. The molecule has 0 saturated heterocycles. The summed E-state index contributed by atoms with van der Waals surface area (Å²) in [5, 5.41) is 24.2. The molecule has 0 spiro atoms. The van der Waals surface area contributed by atoms with Gasteiger partial charge in [-0.15, -0.1) is 0 Å². The molecule has 0 aliphatic carbocycles. The first-order valence-corrected chi connectivity index (χ1v) is 4.99. The van der Waals surface area contributed by atoms with Crippen LogP contribution in [0, 0.1) is 0 Å². The molecule has 5 N–H and O–H groups in total. The van der Waals surface area contributed by atoms with Crippen LogP contribution in [0.15, 0.2) is 0 Å². The van der Waals surface area contributed by atoms with Gasteiger partial charge in [0.05, 0.1) is 0 Å². The van der Waals surface area contributed by atoms with Crippen molar-refractivity contribution in [3.63, 3.8) is 0 Å². The zero-order valence-corrected chi connectivity index (χ0v) is 11.8. The molecule has 0 saturated carbocycles. The van der Waals surface area contributed by atoms with Crippen molar-refractivity contribution in [2.24, 2.45) is 0 Å². The Hall–Kier alpha value is 0.224. The van der Waals surface area contributed by atoms with Gasteiger partial charge in [0.1, 0.15) is 0 Å². The molecule has 0 bridgehead atoms. The maximum atomic E-state index is 8.19. The SMILES string of the molecule is CC(C)O.CC(C)O.CC(C)O.O.[O]=[V]. The molecule has 0 aliphatic heterocycles. The van der Waals surface area contributed by atoms with E-state index in [1.165, 1.54) is 0 Å². The summed E-state index contributed by atoms with van der Waals surface area (Å²) in [5.41, 5.74) is 0. The number of aliphatic hydroxyl groups excluding tert-OH is 3. The van der Waals surface area contributed by atoms with Crippen molar-refractivity contribution in [1.29, 1.82) is 0 Å². The summed E-state index contributed by atoms with van der Waals surface area (Å²) in [5.74, 6) is 0. The topological polar surface area (TPSA) is 109 Å². The molecular weight excluding hydrogens is 239 g/mol. The van der Waals surface area contributed by atoms with E-state index < -0.39 is 0 Å². The Balaban J connectivity index is -0.0000000298. The van der Waals surface area contributed by atoms with E-state index in [-0.39, 0.29) is 23.8 Å². The third-order valence-corrected chi connectivity index (χ3v) is 0. The summed E-state index contributed by atoms with van der Waals surface area (Å²) in [4.78, 5) is 0. The Morgan fingerprint density at radius 1 is 0.667 bits per heavy atom. The number of hydrogen-bond acceptors (Lipinski definition) is 4. The fourth-order valence-electron chi connectivity index (χ4n) is 0. The first kappa shape index (κ1) is 29.5. The van der Waals surface area contributed by atoms with E-state index in [0.29, 0.717) is 0 Å². The molecule has 5 nitrogen and oxygen atoms in total. The monoisotopic (exact) mass is 265 g/mol. The quantitative estimate of drug-likeness (QED) is 0.581. The second-order valence-corrected chi connectivity index (χ2v) is 3.28. The molecule has 15 heavy (non-hydrogen) atoms. The van der Waals surface area contributed by atoms with E-state index in [4.69, 9.17) is 19.0 Å². The van der Waals surface area contributed by atoms with E-state index in [1.54, 1.807) is 41.5 Å². The minimum atomic E-state index is -0.167. The molecule has 0 atom stereocenters. The van der Waals surface area contributed by atoms with Crippen LogP contribution in [0.1, 0.15) is 41.5 Å². The zero-order valence-electron chi connectivity index (χ0n) is 10.4. The summed E-state index contributed by atoms with van der Waals surface area (Å²) < 4.78 is 8.19.